The van der Waals surface area contributed by atoms with Gasteiger partial charge in [0.2, 0.25) is 5.95 Å². The second-order valence-corrected chi connectivity index (χ2v) is 8.02. The van der Waals surface area contributed by atoms with E-state index in [1.807, 2.05) is 41.7 Å². The number of para-hydroxylation sites is 1. The van der Waals surface area contributed by atoms with Crippen molar-refractivity contribution in [3.63, 3.8) is 0 Å². The van der Waals surface area contributed by atoms with E-state index in [2.05, 4.69) is 45.3 Å². The molecule has 1 aliphatic heterocycles. The van der Waals surface area contributed by atoms with Gasteiger partial charge in [-0.2, -0.15) is 4.68 Å². The first-order chi connectivity index (χ1) is 12.8. The van der Waals surface area contributed by atoms with Gasteiger partial charge in [-0.3, -0.25) is 0 Å². The quantitative estimate of drug-likeness (QED) is 0.699. The first kappa shape index (κ1) is 17.2. The van der Waals surface area contributed by atoms with Gasteiger partial charge in [0.1, 0.15) is 6.04 Å². The van der Waals surface area contributed by atoms with E-state index in [1.165, 1.54) is 30.8 Å². The number of aromatic nitrogens is 4. The molecule has 2 N–H and O–H groups in total. The number of anilines is 1. The van der Waals surface area contributed by atoms with Crippen LogP contribution in [0.25, 0.3) is 5.69 Å². The van der Waals surface area contributed by atoms with Gasteiger partial charge in [-0.05, 0) is 52.8 Å². The molecule has 26 heavy (non-hydrogen) atoms. The van der Waals surface area contributed by atoms with E-state index in [4.69, 9.17) is 0 Å². The third-order valence-corrected chi connectivity index (χ3v) is 6.22. The highest BCUT2D eigenvalue weighted by Crippen LogP contribution is 2.19. The maximum atomic E-state index is 4.19. The summed E-state index contributed by atoms with van der Waals surface area (Å²) in [6.45, 7) is 5.66. The normalized spacial score (nSPS) is 21.4. The molecule has 2 aromatic heterocycles. The molecule has 0 unspecified atom stereocenters. The third-order valence-electron chi connectivity index (χ3n) is 5.23. The molecule has 4 rings (SSSR count). The molecule has 3 aromatic rings. The zero-order valence-electron chi connectivity index (χ0n) is 15.0. The lowest BCUT2D eigenvalue weighted by Crippen LogP contribution is -3.13. The standard InChI is InChI=1S/C19H24N6S/c1-15-9-11-24(12-10-15)17(18-8-5-13-26-18)14-20-19-21-22-23-25(19)16-6-3-2-4-7-16/h2-8,13,15,17H,9-12,14H2,1H3,(H,20,21,23)/p+1/t17-/m1/s1. The SMILES string of the molecule is CC1CC[NH+]([C@H](CNc2nnnn2-c2ccccc2)c2cccs2)CC1. The van der Waals surface area contributed by atoms with Crippen LogP contribution < -0.4 is 10.2 Å². The predicted molar refractivity (Wildman–Crippen MR) is 104 cm³/mol. The van der Waals surface area contributed by atoms with Gasteiger partial charge in [0, 0.05) is 0 Å². The van der Waals surface area contributed by atoms with E-state index in [-0.39, 0.29) is 0 Å². The zero-order chi connectivity index (χ0) is 17.8. The highest BCUT2D eigenvalue weighted by molar-refractivity contribution is 7.10. The number of thiophene rings is 1. The van der Waals surface area contributed by atoms with Gasteiger partial charge < -0.3 is 10.2 Å². The average Bonchev–Trinajstić information content (AvgIpc) is 3.36. The summed E-state index contributed by atoms with van der Waals surface area (Å²) in [6, 6.07) is 14.8. The first-order valence-electron chi connectivity index (χ1n) is 9.27. The van der Waals surface area contributed by atoms with Crippen molar-refractivity contribution in [2.45, 2.75) is 25.8 Å². The van der Waals surface area contributed by atoms with Crippen molar-refractivity contribution in [3.8, 4) is 5.69 Å². The largest absolute Gasteiger partial charge is 0.346 e. The lowest BCUT2D eigenvalue weighted by atomic mass is 9.97. The monoisotopic (exact) mass is 369 g/mol. The molecule has 0 saturated carbocycles. The Morgan fingerprint density at radius 3 is 2.73 bits per heavy atom. The molecule has 1 fully saturated rings. The lowest BCUT2D eigenvalue weighted by molar-refractivity contribution is -0.935. The second-order valence-electron chi connectivity index (χ2n) is 7.04. The number of quaternary nitrogens is 1. The van der Waals surface area contributed by atoms with Crippen molar-refractivity contribution in [2.75, 3.05) is 25.0 Å². The fraction of sp³-hybridized carbons (Fsp3) is 0.421. The first-order valence-corrected chi connectivity index (χ1v) is 10.1. The number of piperidine rings is 1. The van der Waals surface area contributed by atoms with Crippen LogP contribution in [0.1, 0.15) is 30.7 Å². The Hall–Kier alpha value is -2.25. The molecular weight excluding hydrogens is 344 g/mol. The number of nitrogens with zero attached hydrogens (tertiary/aromatic N) is 4. The van der Waals surface area contributed by atoms with Crippen molar-refractivity contribution in [1.29, 1.82) is 0 Å². The highest BCUT2D eigenvalue weighted by Gasteiger charge is 2.29. The summed E-state index contributed by atoms with van der Waals surface area (Å²) in [5.41, 5.74) is 0.965. The molecule has 0 radical (unpaired) electrons. The summed E-state index contributed by atoms with van der Waals surface area (Å²) in [7, 11) is 0. The summed E-state index contributed by atoms with van der Waals surface area (Å²) < 4.78 is 1.76. The van der Waals surface area contributed by atoms with Gasteiger partial charge in [-0.15, -0.1) is 11.3 Å². The average molecular weight is 370 g/mol. The van der Waals surface area contributed by atoms with Gasteiger partial charge in [0.15, 0.2) is 0 Å². The predicted octanol–water partition coefficient (Wildman–Crippen LogP) is 2.19. The zero-order valence-corrected chi connectivity index (χ0v) is 15.8. The van der Waals surface area contributed by atoms with Crippen molar-refractivity contribution in [3.05, 3.63) is 52.7 Å². The minimum atomic E-state index is 0.434. The van der Waals surface area contributed by atoms with Crippen LogP contribution in [0, 0.1) is 5.92 Å². The number of tetrazole rings is 1. The van der Waals surface area contributed by atoms with Crippen molar-refractivity contribution in [1.82, 2.24) is 20.2 Å². The van der Waals surface area contributed by atoms with Gasteiger partial charge >= 0.3 is 0 Å². The van der Waals surface area contributed by atoms with Gasteiger partial charge in [0.05, 0.1) is 30.2 Å². The topological polar surface area (TPSA) is 60.1 Å². The van der Waals surface area contributed by atoms with Crippen LogP contribution in [-0.4, -0.2) is 39.8 Å². The smallest absolute Gasteiger partial charge is 0.247 e. The van der Waals surface area contributed by atoms with Crippen LogP contribution in [0.2, 0.25) is 0 Å². The molecule has 6 nitrogen and oxygen atoms in total. The maximum absolute atomic E-state index is 4.19. The number of nitrogens with one attached hydrogen (secondary N) is 2. The minimum absolute atomic E-state index is 0.434. The number of benzene rings is 1. The number of likely N-dealkylation sites (tertiary alicyclic amines) is 1. The highest BCUT2D eigenvalue weighted by atomic mass is 32.1. The molecule has 1 aliphatic rings. The van der Waals surface area contributed by atoms with Crippen molar-refractivity contribution < 1.29 is 4.90 Å². The van der Waals surface area contributed by atoms with Gasteiger partial charge in [0.25, 0.3) is 0 Å². The second kappa shape index (κ2) is 7.97. The Bertz CT molecular complexity index is 793. The van der Waals surface area contributed by atoms with Crippen molar-refractivity contribution >= 4 is 17.3 Å². The number of rotatable bonds is 6. The Balaban J connectivity index is 1.50. The molecule has 7 heteroatoms. The lowest BCUT2D eigenvalue weighted by Gasteiger charge is -2.33. The number of hydrogen-bond donors (Lipinski definition) is 2. The molecule has 1 saturated heterocycles. The van der Waals surface area contributed by atoms with Gasteiger partial charge in [-0.1, -0.05) is 36.3 Å². The number of hydrogen-bond acceptors (Lipinski definition) is 5. The van der Waals surface area contributed by atoms with E-state index in [1.54, 1.807) is 9.58 Å². The third kappa shape index (κ3) is 3.78. The fourth-order valence-electron chi connectivity index (χ4n) is 3.65. The molecule has 0 amide bonds. The Kier molecular flexibility index (Phi) is 5.26. The van der Waals surface area contributed by atoms with Crippen LogP contribution in [0.3, 0.4) is 0 Å². The summed E-state index contributed by atoms with van der Waals surface area (Å²) in [5, 5.41) is 17.9. The van der Waals surface area contributed by atoms with E-state index in [9.17, 15) is 0 Å². The molecule has 0 bridgehead atoms. The van der Waals surface area contributed by atoms with E-state index >= 15 is 0 Å². The minimum Gasteiger partial charge on any atom is -0.346 e. The molecule has 1 aromatic carbocycles. The molecule has 3 heterocycles. The van der Waals surface area contributed by atoms with Crippen LogP contribution in [0.15, 0.2) is 47.8 Å². The fourth-order valence-corrected chi connectivity index (χ4v) is 4.54. The summed E-state index contributed by atoms with van der Waals surface area (Å²) in [4.78, 5) is 3.09. The van der Waals surface area contributed by atoms with Crippen LogP contribution >= 0.6 is 11.3 Å². The molecule has 0 spiro atoms. The van der Waals surface area contributed by atoms with E-state index in [0.29, 0.717) is 12.0 Å². The summed E-state index contributed by atoms with van der Waals surface area (Å²) in [5.74, 6) is 1.55. The molecule has 0 aliphatic carbocycles. The summed E-state index contributed by atoms with van der Waals surface area (Å²) in [6.07, 6.45) is 2.61. The molecule has 1 atom stereocenters. The van der Waals surface area contributed by atoms with Crippen LogP contribution in [0.5, 0.6) is 0 Å². The van der Waals surface area contributed by atoms with Crippen LogP contribution in [0.4, 0.5) is 5.95 Å². The van der Waals surface area contributed by atoms with Crippen molar-refractivity contribution in [2.24, 2.45) is 5.92 Å². The summed E-state index contributed by atoms with van der Waals surface area (Å²) >= 11 is 1.84. The van der Waals surface area contributed by atoms with E-state index in [0.717, 1.165) is 18.2 Å². The molecular formula is C19H25N6S+. The van der Waals surface area contributed by atoms with Gasteiger partial charge in [-0.25, -0.2) is 0 Å². The maximum Gasteiger partial charge on any atom is 0.247 e. The van der Waals surface area contributed by atoms with Crippen LogP contribution in [-0.2, 0) is 0 Å². The van der Waals surface area contributed by atoms with E-state index < -0.39 is 0 Å². The molecule has 136 valence electrons. The Labute approximate surface area is 157 Å². The Morgan fingerprint density at radius 2 is 2.00 bits per heavy atom. The Morgan fingerprint density at radius 1 is 1.19 bits per heavy atom.